The average molecular weight is 350 g/mol. The molecule has 0 saturated heterocycles. The number of carbonyl (C=O) groups is 1. The molecule has 0 saturated carbocycles. The van der Waals surface area contributed by atoms with Crippen LogP contribution < -0.4 is 5.32 Å². The van der Waals surface area contributed by atoms with Gasteiger partial charge in [0.25, 0.3) is 5.91 Å². The highest BCUT2D eigenvalue weighted by Crippen LogP contribution is 2.20. The summed E-state index contributed by atoms with van der Waals surface area (Å²) in [6, 6.07) is 11.4. The molecule has 1 amide bonds. The Balaban J connectivity index is 1.67. The van der Waals surface area contributed by atoms with E-state index >= 15 is 0 Å². The first-order chi connectivity index (χ1) is 12.7. The fourth-order valence-corrected chi connectivity index (χ4v) is 2.81. The van der Waals surface area contributed by atoms with Gasteiger partial charge in [-0.25, -0.2) is 0 Å². The summed E-state index contributed by atoms with van der Waals surface area (Å²) < 4.78 is 1.68. The second-order valence-corrected chi connectivity index (χ2v) is 6.24. The molecule has 0 aliphatic heterocycles. The van der Waals surface area contributed by atoms with Gasteiger partial charge in [0.15, 0.2) is 0 Å². The van der Waals surface area contributed by atoms with E-state index in [1.54, 1.807) is 23.1 Å². The third-order valence-corrected chi connectivity index (χ3v) is 4.06. The minimum atomic E-state index is -0.106. The molecule has 0 spiro atoms. The summed E-state index contributed by atoms with van der Waals surface area (Å²) in [5.74, 6) is -0.106. The lowest BCUT2D eigenvalue weighted by Crippen LogP contribution is -2.34. The maximum atomic E-state index is 12.6. The Morgan fingerprint density at radius 3 is 2.88 bits per heavy atom. The van der Waals surface area contributed by atoms with Gasteiger partial charge < -0.3 is 10.4 Å². The van der Waals surface area contributed by atoms with E-state index in [2.05, 4.69) is 15.4 Å². The average Bonchev–Trinajstić information content (AvgIpc) is 3.11. The van der Waals surface area contributed by atoms with E-state index in [1.807, 2.05) is 49.6 Å². The largest absolute Gasteiger partial charge is 0.394 e. The zero-order chi connectivity index (χ0) is 18.4. The van der Waals surface area contributed by atoms with Crippen molar-refractivity contribution in [1.29, 1.82) is 0 Å². The molecule has 0 bridgehead atoms. The van der Waals surface area contributed by atoms with Crippen molar-refractivity contribution in [2.24, 2.45) is 0 Å². The van der Waals surface area contributed by atoms with Gasteiger partial charge in [0.1, 0.15) is 0 Å². The molecule has 0 aliphatic rings. The Morgan fingerprint density at radius 2 is 2.12 bits per heavy atom. The van der Waals surface area contributed by atoms with Gasteiger partial charge >= 0.3 is 0 Å². The van der Waals surface area contributed by atoms with E-state index in [-0.39, 0.29) is 18.6 Å². The van der Waals surface area contributed by atoms with Crippen LogP contribution in [-0.2, 0) is 13.0 Å². The number of aliphatic hydroxyl groups is 1. The summed E-state index contributed by atoms with van der Waals surface area (Å²) in [5.41, 5.74) is 3.53. The van der Waals surface area contributed by atoms with Crippen LogP contribution in [0.3, 0.4) is 0 Å². The molecule has 1 aromatic carbocycles. The van der Waals surface area contributed by atoms with Crippen molar-refractivity contribution in [3.63, 3.8) is 0 Å². The quantitative estimate of drug-likeness (QED) is 0.685. The summed E-state index contributed by atoms with van der Waals surface area (Å²) in [7, 11) is 0. The molecular weight excluding hydrogens is 328 g/mol. The number of aromatic nitrogens is 3. The summed E-state index contributed by atoms with van der Waals surface area (Å²) in [4.78, 5) is 16.7. The van der Waals surface area contributed by atoms with E-state index in [4.69, 9.17) is 5.11 Å². The predicted molar refractivity (Wildman–Crippen MR) is 99.6 cm³/mol. The lowest BCUT2D eigenvalue weighted by molar-refractivity contribution is 0.0940. The van der Waals surface area contributed by atoms with Crippen LogP contribution in [0.2, 0.25) is 0 Å². The normalized spacial score (nSPS) is 11.9. The SMILES string of the molecule is CC(Cc1cccnc1)NC(=O)c1cccc(-c2cnn(CCO)c2)c1. The topological polar surface area (TPSA) is 80.0 Å². The molecule has 0 radical (unpaired) electrons. The van der Waals surface area contributed by atoms with Gasteiger partial charge in [-0.2, -0.15) is 5.10 Å². The molecule has 6 nitrogen and oxygen atoms in total. The molecule has 1 atom stereocenters. The fourth-order valence-electron chi connectivity index (χ4n) is 2.81. The molecule has 6 heteroatoms. The van der Waals surface area contributed by atoms with Crippen LogP contribution in [0.4, 0.5) is 0 Å². The van der Waals surface area contributed by atoms with Crippen LogP contribution in [0.15, 0.2) is 61.2 Å². The number of rotatable bonds is 7. The lowest BCUT2D eigenvalue weighted by Gasteiger charge is -2.14. The van der Waals surface area contributed by atoms with Gasteiger partial charge in [-0.1, -0.05) is 18.2 Å². The van der Waals surface area contributed by atoms with Gasteiger partial charge in [-0.05, 0) is 42.7 Å². The van der Waals surface area contributed by atoms with Crippen LogP contribution in [0.1, 0.15) is 22.8 Å². The highest BCUT2D eigenvalue weighted by Gasteiger charge is 2.12. The first-order valence-corrected chi connectivity index (χ1v) is 8.59. The van der Waals surface area contributed by atoms with Crippen LogP contribution in [0.25, 0.3) is 11.1 Å². The monoisotopic (exact) mass is 350 g/mol. The van der Waals surface area contributed by atoms with Gasteiger partial charge in [0.2, 0.25) is 0 Å². The third-order valence-electron chi connectivity index (χ3n) is 4.06. The van der Waals surface area contributed by atoms with E-state index in [0.717, 1.165) is 23.1 Å². The Morgan fingerprint density at radius 1 is 1.23 bits per heavy atom. The van der Waals surface area contributed by atoms with Crippen LogP contribution in [0.5, 0.6) is 0 Å². The lowest BCUT2D eigenvalue weighted by atomic mass is 10.0. The number of benzene rings is 1. The molecule has 2 aromatic heterocycles. The Hall–Kier alpha value is -2.99. The number of carbonyl (C=O) groups excluding carboxylic acids is 1. The molecule has 0 fully saturated rings. The second-order valence-electron chi connectivity index (χ2n) is 6.24. The van der Waals surface area contributed by atoms with E-state index in [0.29, 0.717) is 12.1 Å². The Kier molecular flexibility index (Phi) is 5.76. The molecular formula is C20H22N4O2. The highest BCUT2D eigenvalue weighted by atomic mass is 16.3. The van der Waals surface area contributed by atoms with E-state index in [9.17, 15) is 4.79 Å². The maximum Gasteiger partial charge on any atom is 0.251 e. The molecule has 0 aliphatic carbocycles. The van der Waals surface area contributed by atoms with Crippen LogP contribution >= 0.6 is 0 Å². The van der Waals surface area contributed by atoms with Crippen molar-refractivity contribution in [3.8, 4) is 11.1 Å². The van der Waals surface area contributed by atoms with Crippen molar-refractivity contribution in [1.82, 2.24) is 20.1 Å². The number of nitrogens with one attached hydrogen (secondary N) is 1. The number of hydrogen-bond acceptors (Lipinski definition) is 4. The van der Waals surface area contributed by atoms with Gasteiger partial charge in [0.05, 0.1) is 19.3 Å². The summed E-state index contributed by atoms with van der Waals surface area (Å²) in [6.07, 6.45) is 7.87. The van der Waals surface area contributed by atoms with Crippen molar-refractivity contribution in [3.05, 3.63) is 72.3 Å². The number of aliphatic hydroxyl groups excluding tert-OH is 1. The third kappa shape index (κ3) is 4.55. The summed E-state index contributed by atoms with van der Waals surface area (Å²) in [5, 5.41) is 16.2. The number of hydrogen-bond donors (Lipinski definition) is 2. The van der Waals surface area contributed by atoms with Crippen LogP contribution in [-0.4, -0.2) is 38.4 Å². The first-order valence-electron chi connectivity index (χ1n) is 8.59. The second kappa shape index (κ2) is 8.40. The van der Waals surface area contributed by atoms with E-state index in [1.165, 1.54) is 0 Å². The van der Waals surface area contributed by atoms with E-state index < -0.39 is 0 Å². The molecule has 134 valence electrons. The van der Waals surface area contributed by atoms with Gasteiger partial charge in [-0.15, -0.1) is 0 Å². The molecule has 2 heterocycles. The van der Waals surface area contributed by atoms with Crippen molar-refractivity contribution < 1.29 is 9.90 Å². The summed E-state index contributed by atoms with van der Waals surface area (Å²) in [6.45, 7) is 2.47. The van der Waals surface area contributed by atoms with Crippen molar-refractivity contribution >= 4 is 5.91 Å². The Labute approximate surface area is 152 Å². The fraction of sp³-hybridized carbons (Fsp3) is 0.250. The van der Waals surface area contributed by atoms with Crippen molar-refractivity contribution in [2.45, 2.75) is 25.9 Å². The molecule has 3 rings (SSSR count). The van der Waals surface area contributed by atoms with Gasteiger partial charge in [0, 0.05) is 35.8 Å². The molecule has 26 heavy (non-hydrogen) atoms. The minimum Gasteiger partial charge on any atom is -0.394 e. The first kappa shape index (κ1) is 17.8. The molecule has 2 N–H and O–H groups in total. The smallest absolute Gasteiger partial charge is 0.251 e. The zero-order valence-corrected chi connectivity index (χ0v) is 14.7. The maximum absolute atomic E-state index is 12.6. The number of amides is 1. The highest BCUT2D eigenvalue weighted by molar-refractivity contribution is 5.95. The standard InChI is InChI=1S/C20H22N4O2/c1-15(10-16-4-3-7-21-12-16)23-20(26)18-6-2-5-17(11-18)19-13-22-24(14-19)8-9-25/h2-7,11-15,25H,8-10H2,1H3,(H,23,26). The molecule has 1 unspecified atom stereocenters. The van der Waals surface area contributed by atoms with Crippen LogP contribution in [0, 0.1) is 0 Å². The van der Waals surface area contributed by atoms with Gasteiger partial charge in [-0.3, -0.25) is 14.5 Å². The molecule has 3 aromatic rings. The Bertz CT molecular complexity index is 861. The van der Waals surface area contributed by atoms with Crippen molar-refractivity contribution in [2.75, 3.05) is 6.61 Å². The number of nitrogens with zero attached hydrogens (tertiary/aromatic N) is 3. The summed E-state index contributed by atoms with van der Waals surface area (Å²) >= 11 is 0. The zero-order valence-electron chi connectivity index (χ0n) is 14.7. The minimum absolute atomic E-state index is 0.00246. The number of pyridine rings is 1. The predicted octanol–water partition coefficient (Wildman–Crippen LogP) is 2.30.